The SMILES string of the molecule is COc1ccc2c(c1C(=O)CCN)COCO2. The number of carbonyl (C=O) groups excluding carboxylic acids is 1. The predicted octanol–water partition coefficient (Wildman–Crippen LogP) is 1.09. The van der Waals surface area contributed by atoms with Crippen molar-refractivity contribution in [3.63, 3.8) is 0 Å². The molecule has 1 aliphatic rings. The van der Waals surface area contributed by atoms with Crippen LogP contribution in [0, 0.1) is 0 Å². The van der Waals surface area contributed by atoms with Gasteiger partial charge in [0, 0.05) is 12.0 Å². The van der Waals surface area contributed by atoms with Crippen molar-refractivity contribution in [1.29, 1.82) is 0 Å². The maximum absolute atomic E-state index is 12.0. The second-order valence-electron chi connectivity index (χ2n) is 3.69. The Labute approximate surface area is 99.5 Å². The fourth-order valence-corrected chi connectivity index (χ4v) is 1.87. The molecule has 5 heteroatoms. The molecule has 1 heterocycles. The number of fused-ring (bicyclic) bond motifs is 1. The molecule has 17 heavy (non-hydrogen) atoms. The number of ketones is 1. The van der Waals surface area contributed by atoms with Crippen LogP contribution in [0.3, 0.4) is 0 Å². The zero-order chi connectivity index (χ0) is 12.3. The lowest BCUT2D eigenvalue weighted by atomic mass is 9.99. The minimum atomic E-state index is -0.0460. The van der Waals surface area contributed by atoms with Crippen LogP contribution in [0.4, 0.5) is 0 Å². The molecule has 0 fully saturated rings. The second-order valence-corrected chi connectivity index (χ2v) is 3.69. The number of hydrogen-bond donors (Lipinski definition) is 1. The maximum Gasteiger partial charge on any atom is 0.189 e. The lowest BCUT2D eigenvalue weighted by Gasteiger charge is -2.21. The van der Waals surface area contributed by atoms with Crippen molar-refractivity contribution in [2.24, 2.45) is 5.73 Å². The summed E-state index contributed by atoms with van der Waals surface area (Å²) >= 11 is 0. The molecule has 0 unspecified atom stereocenters. The van der Waals surface area contributed by atoms with E-state index in [1.165, 1.54) is 7.11 Å². The first-order chi connectivity index (χ1) is 8.27. The van der Waals surface area contributed by atoms with E-state index in [1.807, 2.05) is 0 Å². The highest BCUT2D eigenvalue weighted by Crippen LogP contribution is 2.34. The molecular formula is C12H15NO4. The molecule has 1 aliphatic heterocycles. The average Bonchev–Trinajstić information content (AvgIpc) is 2.37. The van der Waals surface area contributed by atoms with Gasteiger partial charge in [-0.25, -0.2) is 0 Å². The molecule has 2 rings (SSSR count). The van der Waals surface area contributed by atoms with Crippen molar-refractivity contribution in [3.05, 3.63) is 23.3 Å². The number of rotatable bonds is 4. The monoisotopic (exact) mass is 237 g/mol. The summed E-state index contributed by atoms with van der Waals surface area (Å²) in [5, 5.41) is 0. The zero-order valence-corrected chi connectivity index (χ0v) is 9.69. The van der Waals surface area contributed by atoms with E-state index in [9.17, 15) is 4.79 Å². The van der Waals surface area contributed by atoms with Gasteiger partial charge in [-0.1, -0.05) is 0 Å². The van der Waals surface area contributed by atoms with Gasteiger partial charge >= 0.3 is 0 Å². The normalized spacial score (nSPS) is 13.8. The third kappa shape index (κ3) is 2.25. The number of carbonyl (C=O) groups is 1. The highest BCUT2D eigenvalue weighted by Gasteiger charge is 2.23. The second kappa shape index (κ2) is 5.16. The van der Waals surface area contributed by atoms with Crippen LogP contribution in [0.15, 0.2) is 12.1 Å². The van der Waals surface area contributed by atoms with Gasteiger partial charge in [-0.15, -0.1) is 0 Å². The van der Waals surface area contributed by atoms with E-state index >= 15 is 0 Å². The number of hydrogen-bond acceptors (Lipinski definition) is 5. The summed E-state index contributed by atoms with van der Waals surface area (Å²) in [6, 6.07) is 3.52. The highest BCUT2D eigenvalue weighted by molar-refractivity contribution is 6.00. The highest BCUT2D eigenvalue weighted by atomic mass is 16.7. The van der Waals surface area contributed by atoms with Crippen LogP contribution in [-0.2, 0) is 11.3 Å². The van der Waals surface area contributed by atoms with Crippen molar-refractivity contribution >= 4 is 5.78 Å². The minimum absolute atomic E-state index is 0.0460. The van der Waals surface area contributed by atoms with Crippen molar-refractivity contribution < 1.29 is 19.0 Å². The Kier molecular flexibility index (Phi) is 3.61. The van der Waals surface area contributed by atoms with E-state index in [0.717, 1.165) is 5.56 Å². The van der Waals surface area contributed by atoms with Crippen LogP contribution >= 0.6 is 0 Å². The van der Waals surface area contributed by atoms with Gasteiger partial charge in [0.1, 0.15) is 11.5 Å². The average molecular weight is 237 g/mol. The summed E-state index contributed by atoms with van der Waals surface area (Å²) in [7, 11) is 1.53. The molecule has 0 amide bonds. The minimum Gasteiger partial charge on any atom is -0.496 e. The van der Waals surface area contributed by atoms with Crippen molar-refractivity contribution in [3.8, 4) is 11.5 Å². The standard InChI is InChI=1S/C12H15NO4/c1-15-11-3-2-10-8(6-16-7-17-10)12(11)9(14)4-5-13/h2-3H,4-7,13H2,1H3. The quantitative estimate of drug-likeness (QED) is 0.794. The third-order valence-electron chi connectivity index (χ3n) is 2.65. The van der Waals surface area contributed by atoms with Gasteiger partial charge in [0.15, 0.2) is 12.6 Å². The molecule has 0 radical (unpaired) electrons. The van der Waals surface area contributed by atoms with Crippen LogP contribution in [0.25, 0.3) is 0 Å². The topological polar surface area (TPSA) is 70.8 Å². The maximum atomic E-state index is 12.0. The van der Waals surface area contributed by atoms with Gasteiger partial charge in [0.05, 0.1) is 19.3 Å². The molecule has 1 aromatic carbocycles. The summed E-state index contributed by atoms with van der Waals surface area (Å²) < 4.78 is 15.7. The zero-order valence-electron chi connectivity index (χ0n) is 9.69. The molecule has 0 bridgehead atoms. The molecule has 5 nitrogen and oxygen atoms in total. The molecule has 0 aromatic heterocycles. The Morgan fingerprint density at radius 3 is 3.06 bits per heavy atom. The Balaban J connectivity index is 2.48. The largest absolute Gasteiger partial charge is 0.496 e. The molecule has 92 valence electrons. The molecule has 0 saturated carbocycles. The Hall–Kier alpha value is -1.59. The van der Waals surface area contributed by atoms with Crippen molar-refractivity contribution in [1.82, 2.24) is 0 Å². The van der Waals surface area contributed by atoms with Gasteiger partial charge < -0.3 is 19.9 Å². The van der Waals surface area contributed by atoms with E-state index in [2.05, 4.69) is 0 Å². The van der Waals surface area contributed by atoms with E-state index < -0.39 is 0 Å². The molecule has 0 saturated heterocycles. The van der Waals surface area contributed by atoms with Crippen molar-refractivity contribution in [2.45, 2.75) is 13.0 Å². The van der Waals surface area contributed by atoms with E-state index in [1.54, 1.807) is 12.1 Å². The van der Waals surface area contributed by atoms with E-state index in [4.69, 9.17) is 19.9 Å². The van der Waals surface area contributed by atoms with E-state index in [0.29, 0.717) is 30.2 Å². The first kappa shape index (κ1) is 11.9. The number of benzene rings is 1. The number of methoxy groups -OCH3 is 1. The van der Waals surface area contributed by atoms with Crippen molar-refractivity contribution in [2.75, 3.05) is 20.4 Å². The first-order valence-electron chi connectivity index (χ1n) is 5.41. The molecule has 2 N–H and O–H groups in total. The lowest BCUT2D eigenvalue weighted by Crippen LogP contribution is -2.17. The summed E-state index contributed by atoms with van der Waals surface area (Å²) in [5.41, 5.74) is 6.68. The van der Waals surface area contributed by atoms with Gasteiger partial charge in [0.25, 0.3) is 0 Å². The van der Waals surface area contributed by atoms with Crippen LogP contribution in [-0.4, -0.2) is 26.2 Å². The van der Waals surface area contributed by atoms with Crippen LogP contribution in [0.1, 0.15) is 22.3 Å². The van der Waals surface area contributed by atoms with Crippen LogP contribution in [0.2, 0.25) is 0 Å². The summed E-state index contributed by atoms with van der Waals surface area (Å²) in [5.74, 6) is 1.17. The van der Waals surface area contributed by atoms with Gasteiger partial charge in [0.2, 0.25) is 0 Å². The predicted molar refractivity (Wildman–Crippen MR) is 61.3 cm³/mol. The number of ether oxygens (including phenoxy) is 3. The Bertz CT molecular complexity index is 431. The van der Waals surface area contributed by atoms with E-state index in [-0.39, 0.29) is 19.0 Å². The fraction of sp³-hybridized carbons (Fsp3) is 0.417. The Morgan fingerprint density at radius 2 is 2.35 bits per heavy atom. The number of Topliss-reactive ketones (excluding diaryl/α,β-unsaturated/α-hetero) is 1. The number of nitrogens with two attached hydrogens (primary N) is 1. The smallest absolute Gasteiger partial charge is 0.189 e. The van der Waals surface area contributed by atoms with Gasteiger partial charge in [-0.3, -0.25) is 4.79 Å². The van der Waals surface area contributed by atoms with Crippen LogP contribution < -0.4 is 15.2 Å². The first-order valence-corrected chi connectivity index (χ1v) is 5.41. The van der Waals surface area contributed by atoms with Crippen LogP contribution in [0.5, 0.6) is 11.5 Å². The molecule has 0 atom stereocenters. The summed E-state index contributed by atoms with van der Waals surface area (Å²) in [4.78, 5) is 12.0. The summed E-state index contributed by atoms with van der Waals surface area (Å²) in [6.45, 7) is 0.884. The molecule has 0 spiro atoms. The Morgan fingerprint density at radius 1 is 1.53 bits per heavy atom. The molecule has 1 aromatic rings. The van der Waals surface area contributed by atoms with Gasteiger partial charge in [-0.2, -0.15) is 0 Å². The fourth-order valence-electron chi connectivity index (χ4n) is 1.87. The third-order valence-corrected chi connectivity index (χ3v) is 2.65. The molecule has 0 aliphatic carbocycles. The lowest BCUT2D eigenvalue weighted by molar-refractivity contribution is -0.0169. The summed E-state index contributed by atoms with van der Waals surface area (Å²) in [6.07, 6.45) is 0.285. The molecular weight excluding hydrogens is 222 g/mol. The van der Waals surface area contributed by atoms with Gasteiger partial charge in [-0.05, 0) is 18.7 Å².